The van der Waals surface area contributed by atoms with E-state index >= 15 is 0 Å². The van der Waals surface area contributed by atoms with E-state index < -0.39 is 0 Å². The maximum atomic E-state index is 10.9. The summed E-state index contributed by atoms with van der Waals surface area (Å²) in [5.74, 6) is 0. The number of para-hydroxylation sites is 4. The van der Waals surface area contributed by atoms with Gasteiger partial charge in [-0.15, -0.1) is 0 Å². The molecule has 0 saturated heterocycles. The van der Waals surface area contributed by atoms with Crippen LogP contribution in [0, 0.1) is 22.7 Å². The predicted octanol–water partition coefficient (Wildman–Crippen LogP) is 9.29. The lowest BCUT2D eigenvalue weighted by Crippen LogP contribution is -2.05. The highest BCUT2D eigenvalue weighted by Gasteiger charge is 2.22. The largest absolute Gasteiger partial charge is 0.308 e. The van der Waals surface area contributed by atoms with Crippen molar-refractivity contribution < 1.29 is 0 Å². The normalized spacial score (nSPS) is 11.3. The fourth-order valence-corrected chi connectivity index (χ4v) is 6.43. The van der Waals surface area contributed by atoms with Crippen molar-refractivity contribution in [2.75, 3.05) is 0 Å². The first-order chi connectivity index (χ1) is 20.8. The molecular formula is C38H22N4. The van der Waals surface area contributed by atoms with Crippen molar-refractivity contribution in [3.8, 4) is 34.6 Å². The molecule has 2 heterocycles. The first-order valence-corrected chi connectivity index (χ1v) is 13.8. The molecule has 0 saturated carbocycles. The predicted molar refractivity (Wildman–Crippen MR) is 170 cm³/mol. The van der Waals surface area contributed by atoms with E-state index in [-0.39, 0.29) is 0 Å². The number of hydrogen-bond donors (Lipinski definition) is 0. The van der Waals surface area contributed by atoms with Crippen LogP contribution in [-0.4, -0.2) is 9.13 Å². The van der Waals surface area contributed by atoms with Gasteiger partial charge >= 0.3 is 0 Å². The molecule has 0 unspecified atom stereocenters. The van der Waals surface area contributed by atoms with Crippen LogP contribution in [0.3, 0.4) is 0 Å². The van der Waals surface area contributed by atoms with Gasteiger partial charge in [0.05, 0.1) is 45.1 Å². The molecule has 42 heavy (non-hydrogen) atoms. The third-order valence-corrected chi connectivity index (χ3v) is 8.21. The second kappa shape index (κ2) is 9.24. The van der Waals surface area contributed by atoms with Crippen LogP contribution in [0.2, 0.25) is 0 Å². The van der Waals surface area contributed by atoms with Crippen molar-refractivity contribution in [3.05, 3.63) is 145 Å². The Kier molecular flexibility index (Phi) is 5.22. The van der Waals surface area contributed by atoms with Crippen molar-refractivity contribution in [2.45, 2.75) is 0 Å². The summed E-state index contributed by atoms with van der Waals surface area (Å²) in [4.78, 5) is 0. The monoisotopic (exact) mass is 534 g/mol. The smallest absolute Gasteiger partial charge is 0.104 e. The van der Waals surface area contributed by atoms with Gasteiger partial charge < -0.3 is 9.13 Å². The van der Waals surface area contributed by atoms with E-state index in [1.165, 1.54) is 0 Å². The molecule has 194 valence electrons. The van der Waals surface area contributed by atoms with Crippen LogP contribution in [0.1, 0.15) is 11.1 Å². The van der Waals surface area contributed by atoms with E-state index in [4.69, 9.17) is 0 Å². The molecule has 0 N–H and O–H groups in total. The minimum Gasteiger partial charge on any atom is -0.308 e. The SMILES string of the molecule is N#Cc1ccccc1-c1cc(-n2c3ccccc3c3ccccc32)c(C#N)c(-n2c3ccccc3c3ccccc32)c1. The lowest BCUT2D eigenvalue weighted by Gasteiger charge is -2.18. The second-order valence-corrected chi connectivity index (χ2v) is 10.4. The third-order valence-electron chi connectivity index (χ3n) is 8.21. The molecule has 0 fully saturated rings. The van der Waals surface area contributed by atoms with Crippen LogP contribution in [-0.2, 0) is 0 Å². The first-order valence-electron chi connectivity index (χ1n) is 13.8. The Morgan fingerprint density at radius 2 is 0.810 bits per heavy atom. The quantitative estimate of drug-likeness (QED) is 0.227. The standard InChI is InChI=1S/C38H22N4/c39-23-25-11-1-2-12-27(25)26-21-37(41-33-17-7-3-13-28(33)29-14-4-8-18-34(29)41)32(24-40)38(22-26)42-35-19-9-5-15-30(35)31-16-6-10-20-36(31)42/h1-22H. The summed E-state index contributed by atoms with van der Waals surface area (Å²) in [6, 6.07) is 50.0. The van der Waals surface area contributed by atoms with Crippen molar-refractivity contribution in [1.29, 1.82) is 10.5 Å². The highest BCUT2D eigenvalue weighted by Crippen LogP contribution is 2.40. The average molecular weight is 535 g/mol. The maximum absolute atomic E-state index is 10.9. The van der Waals surface area contributed by atoms with Gasteiger partial charge in [-0.05, 0) is 53.6 Å². The summed E-state index contributed by atoms with van der Waals surface area (Å²) in [6.07, 6.45) is 0. The van der Waals surface area contributed by atoms with E-state index in [9.17, 15) is 10.5 Å². The molecule has 0 amide bonds. The van der Waals surface area contributed by atoms with Gasteiger partial charge in [0.2, 0.25) is 0 Å². The van der Waals surface area contributed by atoms with Crippen molar-refractivity contribution in [2.24, 2.45) is 0 Å². The van der Waals surface area contributed by atoms with Crippen molar-refractivity contribution in [1.82, 2.24) is 9.13 Å². The lowest BCUT2D eigenvalue weighted by atomic mass is 9.96. The number of nitrogens with zero attached hydrogens (tertiary/aromatic N) is 4. The van der Waals surface area contributed by atoms with Crippen LogP contribution in [0.25, 0.3) is 66.1 Å². The topological polar surface area (TPSA) is 57.4 Å². The molecule has 4 heteroatoms. The fourth-order valence-electron chi connectivity index (χ4n) is 6.43. The molecule has 6 aromatic carbocycles. The molecule has 0 aliphatic heterocycles. The molecule has 0 spiro atoms. The number of fused-ring (bicyclic) bond motifs is 6. The Bertz CT molecular complexity index is 2200. The van der Waals surface area contributed by atoms with Crippen molar-refractivity contribution >= 4 is 43.6 Å². The van der Waals surface area contributed by atoms with Crippen LogP contribution < -0.4 is 0 Å². The van der Waals surface area contributed by atoms with E-state index in [0.29, 0.717) is 11.1 Å². The third kappa shape index (κ3) is 3.33. The number of benzene rings is 6. The van der Waals surface area contributed by atoms with Gasteiger partial charge in [0.15, 0.2) is 0 Å². The minimum absolute atomic E-state index is 0.561. The van der Waals surface area contributed by atoms with E-state index in [1.54, 1.807) is 0 Å². The molecule has 2 aromatic heterocycles. The van der Waals surface area contributed by atoms with Gasteiger partial charge in [0, 0.05) is 21.5 Å². The van der Waals surface area contributed by atoms with Crippen LogP contribution in [0.4, 0.5) is 0 Å². The Morgan fingerprint density at radius 1 is 0.429 bits per heavy atom. The molecule has 0 aliphatic rings. The van der Waals surface area contributed by atoms with Crippen molar-refractivity contribution in [3.63, 3.8) is 0 Å². The molecule has 0 bridgehead atoms. The lowest BCUT2D eigenvalue weighted by molar-refractivity contribution is 1.12. The van der Waals surface area contributed by atoms with Gasteiger partial charge in [0.25, 0.3) is 0 Å². The summed E-state index contributed by atoms with van der Waals surface area (Å²) >= 11 is 0. The van der Waals surface area contributed by atoms with E-state index in [1.807, 2.05) is 72.8 Å². The number of hydrogen-bond acceptors (Lipinski definition) is 2. The molecule has 8 aromatic rings. The molecule has 4 nitrogen and oxygen atoms in total. The summed E-state index contributed by atoms with van der Waals surface area (Å²) in [7, 11) is 0. The Balaban J connectivity index is 1.59. The first kappa shape index (κ1) is 23.8. The molecule has 0 atom stereocenters. The van der Waals surface area contributed by atoms with Gasteiger partial charge in [0.1, 0.15) is 11.6 Å². The zero-order valence-electron chi connectivity index (χ0n) is 22.5. The highest BCUT2D eigenvalue weighted by atomic mass is 15.0. The van der Waals surface area contributed by atoms with Gasteiger partial charge in [-0.1, -0.05) is 91.0 Å². The zero-order chi connectivity index (χ0) is 28.2. The Hall–Kier alpha value is -6.10. The number of nitriles is 2. The maximum Gasteiger partial charge on any atom is 0.104 e. The molecule has 0 radical (unpaired) electrons. The van der Waals surface area contributed by atoms with Crippen LogP contribution >= 0.6 is 0 Å². The summed E-state index contributed by atoms with van der Waals surface area (Å²) in [5.41, 5.74) is 8.49. The van der Waals surface area contributed by atoms with E-state index in [0.717, 1.165) is 66.1 Å². The van der Waals surface area contributed by atoms with Gasteiger partial charge in [-0.3, -0.25) is 0 Å². The van der Waals surface area contributed by atoms with Crippen LogP contribution in [0.5, 0.6) is 0 Å². The average Bonchev–Trinajstić information content (AvgIpc) is 3.57. The van der Waals surface area contributed by atoms with Gasteiger partial charge in [-0.2, -0.15) is 10.5 Å². The second-order valence-electron chi connectivity index (χ2n) is 10.4. The molecular weight excluding hydrogens is 512 g/mol. The summed E-state index contributed by atoms with van der Waals surface area (Å²) in [6.45, 7) is 0. The molecule has 0 aliphatic carbocycles. The minimum atomic E-state index is 0.561. The molecule has 8 rings (SSSR count). The summed E-state index contributed by atoms with van der Waals surface area (Å²) in [5, 5.41) is 25.5. The number of aromatic nitrogens is 2. The van der Waals surface area contributed by atoms with Crippen LogP contribution in [0.15, 0.2) is 133 Å². The Morgan fingerprint density at radius 3 is 1.21 bits per heavy atom. The Labute approximate surface area is 242 Å². The zero-order valence-corrected chi connectivity index (χ0v) is 22.5. The summed E-state index contributed by atoms with van der Waals surface area (Å²) < 4.78 is 4.39. The van der Waals surface area contributed by atoms with Gasteiger partial charge in [-0.25, -0.2) is 0 Å². The van der Waals surface area contributed by atoms with E-state index in [2.05, 4.69) is 81.9 Å². The highest BCUT2D eigenvalue weighted by molar-refractivity contribution is 6.11. The number of rotatable bonds is 3. The fraction of sp³-hybridized carbons (Fsp3) is 0.